The summed E-state index contributed by atoms with van der Waals surface area (Å²) in [6.07, 6.45) is 0. The average molecular weight is 306 g/mol. The zero-order valence-corrected chi connectivity index (χ0v) is 13.1. The van der Waals surface area contributed by atoms with Crippen molar-refractivity contribution >= 4 is 23.2 Å². The summed E-state index contributed by atoms with van der Waals surface area (Å²) in [7, 11) is 1.50. The summed E-state index contributed by atoms with van der Waals surface area (Å²) in [4.78, 5) is 24.4. The number of nitrogens with zero attached hydrogens (tertiary/aromatic N) is 1. The second-order valence-corrected chi connectivity index (χ2v) is 5.73. The number of hydrogen-bond donors (Lipinski definition) is 1. The van der Waals surface area contributed by atoms with E-state index in [0.29, 0.717) is 5.56 Å². The Morgan fingerprint density at radius 1 is 1.38 bits per heavy atom. The first-order valence-corrected chi connectivity index (χ1v) is 7.47. The largest absolute Gasteiger partial charge is 0.452 e. The molecule has 0 fully saturated rings. The molecule has 21 heavy (non-hydrogen) atoms. The highest BCUT2D eigenvalue weighted by Crippen LogP contribution is 2.19. The molecular weight excluding hydrogens is 288 g/mol. The quantitative estimate of drug-likeness (QED) is 0.861. The zero-order valence-electron chi connectivity index (χ0n) is 12.3. The van der Waals surface area contributed by atoms with Gasteiger partial charge in [-0.05, 0) is 31.4 Å². The van der Waals surface area contributed by atoms with E-state index in [4.69, 9.17) is 4.74 Å². The van der Waals surface area contributed by atoms with Gasteiger partial charge in [-0.25, -0.2) is 4.79 Å². The fraction of sp³-hybridized carbons (Fsp3) is 0.333. The second-order valence-electron chi connectivity index (χ2n) is 4.70. The maximum Gasteiger partial charge on any atom is 0.340 e. The SMILES string of the molecule is CNC(=O)COC(=O)c1cc(C)n(Cc2cccs2)c1C. The summed E-state index contributed by atoms with van der Waals surface area (Å²) < 4.78 is 7.08. The van der Waals surface area contributed by atoms with E-state index < -0.39 is 5.97 Å². The van der Waals surface area contributed by atoms with Crippen LogP contribution in [-0.4, -0.2) is 30.1 Å². The molecule has 5 nitrogen and oxygen atoms in total. The number of amides is 1. The van der Waals surface area contributed by atoms with Crippen molar-refractivity contribution in [1.82, 2.24) is 9.88 Å². The van der Waals surface area contributed by atoms with E-state index in [1.165, 1.54) is 11.9 Å². The van der Waals surface area contributed by atoms with Gasteiger partial charge in [0.05, 0.1) is 12.1 Å². The predicted molar refractivity (Wildman–Crippen MR) is 81.7 cm³/mol. The molecule has 0 aliphatic carbocycles. The van der Waals surface area contributed by atoms with Crippen LogP contribution in [0.3, 0.4) is 0 Å². The van der Waals surface area contributed by atoms with Gasteiger partial charge in [0, 0.05) is 23.3 Å². The molecule has 0 aromatic carbocycles. The average Bonchev–Trinajstić information content (AvgIpc) is 3.08. The molecule has 0 unspecified atom stereocenters. The third-order valence-electron chi connectivity index (χ3n) is 3.30. The van der Waals surface area contributed by atoms with E-state index in [-0.39, 0.29) is 12.5 Å². The molecule has 1 amide bonds. The van der Waals surface area contributed by atoms with Gasteiger partial charge >= 0.3 is 5.97 Å². The van der Waals surface area contributed by atoms with Crippen LogP contribution in [0.25, 0.3) is 0 Å². The summed E-state index contributed by atoms with van der Waals surface area (Å²) in [5, 5.41) is 4.44. The number of thiophene rings is 1. The van der Waals surface area contributed by atoms with Crippen LogP contribution in [0.5, 0.6) is 0 Å². The molecule has 0 saturated carbocycles. The van der Waals surface area contributed by atoms with Crippen LogP contribution < -0.4 is 5.32 Å². The van der Waals surface area contributed by atoms with Crippen molar-refractivity contribution in [3.63, 3.8) is 0 Å². The van der Waals surface area contributed by atoms with Gasteiger partial charge in [-0.3, -0.25) is 4.79 Å². The van der Waals surface area contributed by atoms with Gasteiger partial charge in [0.15, 0.2) is 6.61 Å². The topological polar surface area (TPSA) is 60.3 Å². The number of carbonyl (C=O) groups excluding carboxylic acids is 2. The zero-order chi connectivity index (χ0) is 15.4. The van der Waals surface area contributed by atoms with Gasteiger partial charge < -0.3 is 14.6 Å². The monoisotopic (exact) mass is 306 g/mol. The lowest BCUT2D eigenvalue weighted by Gasteiger charge is -2.08. The van der Waals surface area contributed by atoms with Crippen LogP contribution in [0, 0.1) is 13.8 Å². The Kier molecular flexibility index (Phi) is 4.80. The molecule has 2 aromatic rings. The Morgan fingerprint density at radius 2 is 2.14 bits per heavy atom. The first-order chi connectivity index (χ1) is 10.0. The van der Waals surface area contributed by atoms with Crippen molar-refractivity contribution in [2.24, 2.45) is 0 Å². The molecule has 2 rings (SSSR count). The number of carbonyl (C=O) groups is 2. The molecule has 0 aliphatic rings. The fourth-order valence-corrected chi connectivity index (χ4v) is 2.78. The molecule has 0 aliphatic heterocycles. The number of rotatable bonds is 5. The minimum atomic E-state index is -0.468. The highest BCUT2D eigenvalue weighted by atomic mass is 32.1. The standard InChI is InChI=1S/C15H18N2O3S/c1-10-7-13(15(19)20-9-14(18)16-3)11(2)17(10)8-12-5-4-6-21-12/h4-7H,8-9H2,1-3H3,(H,16,18). The van der Waals surface area contributed by atoms with Crippen molar-refractivity contribution in [1.29, 1.82) is 0 Å². The van der Waals surface area contributed by atoms with Crippen molar-refractivity contribution in [2.45, 2.75) is 20.4 Å². The molecule has 6 heteroatoms. The van der Waals surface area contributed by atoms with Gasteiger partial charge in [0.1, 0.15) is 0 Å². The molecule has 112 valence electrons. The Balaban J connectivity index is 2.14. The molecule has 2 aromatic heterocycles. The summed E-state index contributed by atoms with van der Waals surface area (Å²) in [5.74, 6) is -0.792. The molecule has 0 saturated heterocycles. The molecule has 0 bridgehead atoms. The van der Waals surface area contributed by atoms with E-state index in [9.17, 15) is 9.59 Å². The molecule has 2 heterocycles. The minimum absolute atomic E-state index is 0.260. The lowest BCUT2D eigenvalue weighted by Crippen LogP contribution is -2.25. The number of aryl methyl sites for hydroxylation is 1. The van der Waals surface area contributed by atoms with Crippen LogP contribution >= 0.6 is 11.3 Å². The molecular formula is C15H18N2O3S. The summed E-state index contributed by atoms with van der Waals surface area (Å²) >= 11 is 1.68. The Hall–Kier alpha value is -2.08. The summed E-state index contributed by atoms with van der Waals surface area (Å²) in [5.41, 5.74) is 2.35. The van der Waals surface area contributed by atoms with Crippen molar-refractivity contribution in [2.75, 3.05) is 13.7 Å². The molecule has 0 atom stereocenters. The normalized spacial score (nSPS) is 10.4. The highest BCUT2D eigenvalue weighted by Gasteiger charge is 2.18. The lowest BCUT2D eigenvalue weighted by molar-refractivity contribution is -0.123. The summed E-state index contributed by atoms with van der Waals surface area (Å²) in [6, 6.07) is 5.87. The second kappa shape index (κ2) is 6.58. The van der Waals surface area contributed by atoms with Gasteiger partial charge in [-0.15, -0.1) is 11.3 Å². The first-order valence-electron chi connectivity index (χ1n) is 6.59. The molecule has 0 spiro atoms. The molecule has 1 N–H and O–H groups in total. The van der Waals surface area contributed by atoms with E-state index >= 15 is 0 Å². The predicted octanol–water partition coefficient (Wildman–Crippen LogP) is 2.12. The van der Waals surface area contributed by atoms with Crippen LogP contribution in [-0.2, 0) is 16.1 Å². The highest BCUT2D eigenvalue weighted by molar-refractivity contribution is 7.09. The van der Waals surface area contributed by atoms with E-state index in [0.717, 1.165) is 17.9 Å². The maximum atomic E-state index is 12.0. The lowest BCUT2D eigenvalue weighted by atomic mass is 10.2. The number of likely N-dealkylation sites (N-methyl/N-ethyl adjacent to an activating group) is 1. The number of ether oxygens (including phenoxy) is 1. The fourth-order valence-electron chi connectivity index (χ4n) is 2.09. The van der Waals surface area contributed by atoms with Gasteiger partial charge in [-0.1, -0.05) is 6.07 Å². The number of nitrogens with one attached hydrogen (secondary N) is 1. The van der Waals surface area contributed by atoms with Crippen LogP contribution in [0.2, 0.25) is 0 Å². The van der Waals surface area contributed by atoms with Crippen LogP contribution in [0.1, 0.15) is 26.6 Å². The Labute approximate surface area is 127 Å². The van der Waals surface area contributed by atoms with E-state index in [2.05, 4.69) is 16.0 Å². The number of esters is 1. The number of aromatic nitrogens is 1. The third kappa shape index (κ3) is 3.52. The van der Waals surface area contributed by atoms with Crippen LogP contribution in [0.4, 0.5) is 0 Å². The smallest absolute Gasteiger partial charge is 0.340 e. The molecule has 0 radical (unpaired) electrons. The van der Waals surface area contributed by atoms with Gasteiger partial charge in [0.25, 0.3) is 5.91 Å². The van der Waals surface area contributed by atoms with Crippen molar-refractivity contribution in [3.8, 4) is 0 Å². The van der Waals surface area contributed by atoms with Gasteiger partial charge in [0.2, 0.25) is 0 Å². The van der Waals surface area contributed by atoms with Crippen molar-refractivity contribution in [3.05, 3.63) is 45.4 Å². The Morgan fingerprint density at radius 3 is 2.76 bits per heavy atom. The van der Waals surface area contributed by atoms with Crippen LogP contribution in [0.15, 0.2) is 23.6 Å². The maximum absolute atomic E-state index is 12.0. The first kappa shape index (κ1) is 15.3. The van der Waals surface area contributed by atoms with Gasteiger partial charge in [-0.2, -0.15) is 0 Å². The number of hydrogen-bond acceptors (Lipinski definition) is 4. The third-order valence-corrected chi connectivity index (χ3v) is 4.16. The summed E-state index contributed by atoms with van der Waals surface area (Å²) in [6.45, 7) is 4.31. The Bertz CT molecular complexity index is 644. The van der Waals surface area contributed by atoms with E-state index in [1.807, 2.05) is 25.3 Å². The minimum Gasteiger partial charge on any atom is -0.452 e. The van der Waals surface area contributed by atoms with Crippen molar-refractivity contribution < 1.29 is 14.3 Å². The van der Waals surface area contributed by atoms with E-state index in [1.54, 1.807) is 17.4 Å².